The van der Waals surface area contributed by atoms with E-state index >= 15 is 0 Å². The maximum atomic E-state index is 12.7. The molecule has 3 rings (SSSR count). The van der Waals surface area contributed by atoms with Crippen molar-refractivity contribution in [1.82, 2.24) is 24.8 Å². The number of amides is 2. The molecule has 1 N–H and O–H groups in total. The number of rotatable bonds is 5. The first-order chi connectivity index (χ1) is 12.5. The lowest BCUT2D eigenvalue weighted by atomic mass is 9.98. The molecule has 0 fully saturated rings. The molecule has 0 spiro atoms. The molecule has 2 amide bonds. The van der Waals surface area contributed by atoms with Gasteiger partial charge in [-0.3, -0.25) is 4.98 Å². The molecular formula is C20H25N5O. The summed E-state index contributed by atoms with van der Waals surface area (Å²) in [6, 6.07) is 11.6. The molecule has 1 atom stereocenters. The van der Waals surface area contributed by atoms with Crippen molar-refractivity contribution < 1.29 is 4.79 Å². The smallest absolute Gasteiger partial charge is 0.318 e. The summed E-state index contributed by atoms with van der Waals surface area (Å²) in [6.45, 7) is 4.61. The van der Waals surface area contributed by atoms with Gasteiger partial charge in [-0.2, -0.15) is 0 Å². The van der Waals surface area contributed by atoms with Crippen LogP contribution in [0.3, 0.4) is 0 Å². The Morgan fingerprint density at radius 1 is 1.23 bits per heavy atom. The summed E-state index contributed by atoms with van der Waals surface area (Å²) in [7, 11) is 3.76. The SMILES string of the molecule is CC(C)[C@@H](NC(=O)N(C)Cc1nc2ccccc2n1C)c1cccnc1. The average Bonchev–Trinajstić information content (AvgIpc) is 2.96. The predicted molar refractivity (Wildman–Crippen MR) is 103 cm³/mol. The molecule has 0 aliphatic carbocycles. The summed E-state index contributed by atoms with van der Waals surface area (Å²) < 4.78 is 2.03. The number of urea groups is 1. The van der Waals surface area contributed by atoms with Gasteiger partial charge >= 0.3 is 6.03 Å². The zero-order valence-corrected chi connectivity index (χ0v) is 15.7. The standard InChI is InChI=1S/C20H25N5O/c1-14(2)19(15-8-7-11-21-12-15)23-20(26)24(3)13-18-22-16-9-5-6-10-17(16)25(18)4/h5-12,14,19H,13H2,1-4H3,(H,23,26)/t19-/m1/s1. The molecule has 2 heterocycles. The molecule has 0 unspecified atom stereocenters. The van der Waals surface area contributed by atoms with E-state index in [2.05, 4.69) is 29.1 Å². The van der Waals surface area contributed by atoms with Crippen molar-refractivity contribution in [2.75, 3.05) is 7.05 Å². The number of carbonyl (C=O) groups is 1. The van der Waals surface area contributed by atoms with Gasteiger partial charge in [-0.25, -0.2) is 9.78 Å². The minimum Gasteiger partial charge on any atom is -0.331 e. The van der Waals surface area contributed by atoms with E-state index in [9.17, 15) is 4.79 Å². The maximum Gasteiger partial charge on any atom is 0.318 e. The summed E-state index contributed by atoms with van der Waals surface area (Å²) in [5.74, 6) is 1.11. The first-order valence-electron chi connectivity index (χ1n) is 8.79. The second kappa shape index (κ2) is 7.56. The number of carbonyl (C=O) groups excluding carboxylic acids is 1. The van der Waals surface area contributed by atoms with Gasteiger partial charge in [-0.15, -0.1) is 0 Å². The summed E-state index contributed by atoms with van der Waals surface area (Å²) >= 11 is 0. The first kappa shape index (κ1) is 17.9. The Balaban J connectivity index is 1.73. The number of nitrogens with zero attached hydrogens (tertiary/aromatic N) is 4. The Bertz CT molecular complexity index is 888. The van der Waals surface area contributed by atoms with Crippen molar-refractivity contribution in [3.05, 3.63) is 60.2 Å². The van der Waals surface area contributed by atoms with Crippen LogP contribution in [0.25, 0.3) is 11.0 Å². The van der Waals surface area contributed by atoms with Crippen LogP contribution in [0, 0.1) is 5.92 Å². The lowest BCUT2D eigenvalue weighted by Crippen LogP contribution is -2.41. The largest absolute Gasteiger partial charge is 0.331 e. The minimum atomic E-state index is -0.125. The zero-order valence-electron chi connectivity index (χ0n) is 15.7. The topological polar surface area (TPSA) is 63.1 Å². The normalized spacial score (nSPS) is 12.3. The van der Waals surface area contributed by atoms with E-state index in [1.54, 1.807) is 24.3 Å². The number of para-hydroxylation sites is 2. The number of benzene rings is 1. The molecular weight excluding hydrogens is 326 g/mol. The third-order valence-electron chi connectivity index (χ3n) is 4.59. The van der Waals surface area contributed by atoms with Crippen LogP contribution < -0.4 is 5.32 Å². The van der Waals surface area contributed by atoms with Crippen LogP contribution >= 0.6 is 0 Å². The van der Waals surface area contributed by atoms with Gasteiger partial charge in [0.15, 0.2) is 0 Å². The van der Waals surface area contributed by atoms with Crippen molar-refractivity contribution in [3.8, 4) is 0 Å². The van der Waals surface area contributed by atoms with Gasteiger partial charge in [-0.1, -0.05) is 32.0 Å². The monoisotopic (exact) mass is 351 g/mol. The van der Waals surface area contributed by atoms with Crippen LogP contribution in [-0.4, -0.2) is 32.5 Å². The van der Waals surface area contributed by atoms with Gasteiger partial charge in [0.1, 0.15) is 5.82 Å². The van der Waals surface area contributed by atoms with E-state index in [0.29, 0.717) is 6.54 Å². The molecule has 0 radical (unpaired) electrons. The molecule has 6 heteroatoms. The van der Waals surface area contributed by atoms with Gasteiger partial charge in [0.25, 0.3) is 0 Å². The summed E-state index contributed by atoms with van der Waals surface area (Å²) in [4.78, 5) is 23.2. The fourth-order valence-corrected chi connectivity index (χ4v) is 3.06. The highest BCUT2D eigenvalue weighted by Gasteiger charge is 2.21. The molecule has 0 saturated heterocycles. The molecule has 0 saturated carbocycles. The lowest BCUT2D eigenvalue weighted by molar-refractivity contribution is 0.197. The van der Waals surface area contributed by atoms with Crippen LogP contribution in [-0.2, 0) is 13.6 Å². The number of aromatic nitrogens is 3. The fraction of sp³-hybridized carbons (Fsp3) is 0.350. The Hall–Kier alpha value is -2.89. The third-order valence-corrected chi connectivity index (χ3v) is 4.59. The van der Waals surface area contributed by atoms with Crippen LogP contribution in [0.15, 0.2) is 48.8 Å². The fourth-order valence-electron chi connectivity index (χ4n) is 3.06. The number of fused-ring (bicyclic) bond motifs is 1. The molecule has 136 valence electrons. The maximum absolute atomic E-state index is 12.7. The van der Waals surface area contributed by atoms with Crippen molar-refractivity contribution >= 4 is 17.1 Å². The van der Waals surface area contributed by atoms with E-state index < -0.39 is 0 Å². The number of hydrogen-bond donors (Lipinski definition) is 1. The second-order valence-electron chi connectivity index (χ2n) is 6.89. The Kier molecular flexibility index (Phi) is 5.21. The van der Waals surface area contributed by atoms with E-state index in [-0.39, 0.29) is 18.0 Å². The van der Waals surface area contributed by atoms with Crippen molar-refractivity contribution in [1.29, 1.82) is 0 Å². The Labute approximate surface area is 153 Å². The van der Waals surface area contributed by atoms with Crippen LogP contribution in [0.1, 0.15) is 31.3 Å². The number of pyridine rings is 1. The summed E-state index contributed by atoms with van der Waals surface area (Å²) in [5.41, 5.74) is 3.01. The minimum absolute atomic E-state index is 0.0842. The van der Waals surface area contributed by atoms with E-state index in [1.165, 1.54) is 0 Å². The highest BCUT2D eigenvalue weighted by molar-refractivity contribution is 5.76. The van der Waals surface area contributed by atoms with Gasteiger partial charge in [0, 0.05) is 26.5 Å². The van der Waals surface area contributed by atoms with Gasteiger partial charge in [0.05, 0.1) is 23.6 Å². The number of hydrogen-bond acceptors (Lipinski definition) is 3. The van der Waals surface area contributed by atoms with Crippen molar-refractivity contribution in [3.63, 3.8) is 0 Å². The highest BCUT2D eigenvalue weighted by atomic mass is 16.2. The van der Waals surface area contributed by atoms with Crippen LogP contribution in [0.4, 0.5) is 4.79 Å². The molecule has 3 aromatic rings. The van der Waals surface area contributed by atoms with Crippen molar-refractivity contribution in [2.45, 2.75) is 26.4 Å². The summed E-state index contributed by atoms with van der Waals surface area (Å²) in [6.07, 6.45) is 3.54. The number of aryl methyl sites for hydroxylation is 1. The Morgan fingerprint density at radius 2 is 2.00 bits per heavy atom. The number of imidazole rings is 1. The van der Waals surface area contributed by atoms with Crippen molar-refractivity contribution in [2.24, 2.45) is 13.0 Å². The molecule has 0 aliphatic heterocycles. The predicted octanol–water partition coefficient (Wildman–Crippen LogP) is 3.51. The molecule has 26 heavy (non-hydrogen) atoms. The van der Waals surface area contributed by atoms with Gasteiger partial charge in [-0.05, 0) is 29.7 Å². The molecule has 6 nitrogen and oxygen atoms in total. The Morgan fingerprint density at radius 3 is 2.65 bits per heavy atom. The third kappa shape index (κ3) is 3.69. The lowest BCUT2D eigenvalue weighted by Gasteiger charge is -2.26. The molecule has 1 aromatic carbocycles. The van der Waals surface area contributed by atoms with Gasteiger partial charge < -0.3 is 14.8 Å². The van der Waals surface area contributed by atoms with E-state index in [4.69, 9.17) is 0 Å². The van der Waals surface area contributed by atoms with Crippen LogP contribution in [0.2, 0.25) is 0 Å². The molecule has 0 bridgehead atoms. The van der Waals surface area contributed by atoms with E-state index in [1.807, 2.05) is 48.0 Å². The first-order valence-corrected chi connectivity index (χ1v) is 8.79. The van der Waals surface area contributed by atoms with Crippen LogP contribution in [0.5, 0.6) is 0 Å². The summed E-state index contributed by atoms with van der Waals surface area (Å²) in [5, 5.41) is 3.12. The number of nitrogens with one attached hydrogen (secondary N) is 1. The molecule has 0 aliphatic rings. The zero-order chi connectivity index (χ0) is 18.7. The quantitative estimate of drug-likeness (QED) is 0.765. The average molecular weight is 351 g/mol. The van der Waals surface area contributed by atoms with Gasteiger partial charge in [0.2, 0.25) is 0 Å². The highest BCUT2D eigenvalue weighted by Crippen LogP contribution is 2.21. The van der Waals surface area contributed by atoms with E-state index in [0.717, 1.165) is 22.4 Å². The molecule has 2 aromatic heterocycles. The second-order valence-corrected chi connectivity index (χ2v) is 6.89.